The summed E-state index contributed by atoms with van der Waals surface area (Å²) < 4.78 is 5.12. The number of carbonyl (C=O) groups is 1. The van der Waals surface area contributed by atoms with E-state index in [4.69, 9.17) is 4.42 Å². The maximum Gasteiger partial charge on any atom is 0.185 e. The SMILES string of the molecule is CCCC=Cc1ccc(C=O)o1. The number of aldehydes is 1. The zero-order valence-corrected chi connectivity index (χ0v) is 7.12. The fourth-order valence-corrected chi connectivity index (χ4v) is 0.887. The summed E-state index contributed by atoms with van der Waals surface area (Å²) in [6.07, 6.45) is 6.79. The molecule has 1 rings (SSSR count). The summed E-state index contributed by atoms with van der Waals surface area (Å²) in [6, 6.07) is 3.45. The molecule has 1 aromatic rings. The van der Waals surface area contributed by atoms with Crippen molar-refractivity contribution in [3.63, 3.8) is 0 Å². The van der Waals surface area contributed by atoms with Gasteiger partial charge in [0.25, 0.3) is 0 Å². The van der Waals surface area contributed by atoms with E-state index in [0.29, 0.717) is 12.0 Å². The lowest BCUT2D eigenvalue weighted by Crippen LogP contribution is -1.68. The van der Waals surface area contributed by atoms with Gasteiger partial charge in [0.2, 0.25) is 0 Å². The van der Waals surface area contributed by atoms with Crippen molar-refractivity contribution >= 4 is 12.4 Å². The maximum atomic E-state index is 10.2. The van der Waals surface area contributed by atoms with Crippen LogP contribution in [0.25, 0.3) is 6.08 Å². The summed E-state index contributed by atoms with van der Waals surface area (Å²) in [5, 5.41) is 0. The number of allylic oxidation sites excluding steroid dienone is 1. The molecular weight excluding hydrogens is 152 g/mol. The summed E-state index contributed by atoms with van der Waals surface area (Å²) in [6.45, 7) is 2.11. The zero-order chi connectivity index (χ0) is 8.81. The molecule has 0 fully saturated rings. The summed E-state index contributed by atoms with van der Waals surface area (Å²) in [4.78, 5) is 10.2. The molecule has 0 aliphatic carbocycles. The van der Waals surface area contributed by atoms with Crippen LogP contribution in [0, 0.1) is 0 Å². The summed E-state index contributed by atoms with van der Waals surface area (Å²) in [5.74, 6) is 1.12. The van der Waals surface area contributed by atoms with Gasteiger partial charge < -0.3 is 4.42 Å². The number of rotatable bonds is 4. The minimum Gasteiger partial charge on any atom is -0.454 e. The molecule has 2 nitrogen and oxygen atoms in total. The second-order valence-electron chi connectivity index (χ2n) is 2.55. The maximum absolute atomic E-state index is 10.2. The molecule has 0 spiro atoms. The average molecular weight is 164 g/mol. The number of hydrogen-bond acceptors (Lipinski definition) is 2. The highest BCUT2D eigenvalue weighted by Crippen LogP contribution is 2.08. The highest BCUT2D eigenvalue weighted by molar-refractivity contribution is 5.71. The first-order chi connectivity index (χ1) is 5.86. The van der Waals surface area contributed by atoms with Gasteiger partial charge in [-0.2, -0.15) is 0 Å². The van der Waals surface area contributed by atoms with Crippen LogP contribution >= 0.6 is 0 Å². The molecule has 0 aliphatic heterocycles. The Morgan fingerprint density at radius 3 is 2.75 bits per heavy atom. The Hall–Kier alpha value is -1.31. The Morgan fingerprint density at radius 1 is 1.42 bits per heavy atom. The summed E-state index contributed by atoms with van der Waals surface area (Å²) >= 11 is 0. The fraction of sp³-hybridized carbons (Fsp3) is 0.300. The Balaban J connectivity index is 2.57. The third-order valence-electron chi connectivity index (χ3n) is 1.50. The van der Waals surface area contributed by atoms with Crippen LogP contribution in [0.4, 0.5) is 0 Å². The Labute approximate surface area is 71.9 Å². The fourth-order valence-electron chi connectivity index (χ4n) is 0.887. The molecule has 0 bridgehead atoms. The van der Waals surface area contributed by atoms with Gasteiger partial charge in [0, 0.05) is 0 Å². The number of unbranched alkanes of at least 4 members (excludes halogenated alkanes) is 1. The molecule has 0 saturated carbocycles. The minimum absolute atomic E-state index is 0.381. The first kappa shape index (κ1) is 8.78. The number of furan rings is 1. The van der Waals surface area contributed by atoms with Crippen LogP contribution in [0.15, 0.2) is 22.6 Å². The van der Waals surface area contributed by atoms with Crippen LogP contribution in [0.5, 0.6) is 0 Å². The van der Waals surface area contributed by atoms with Crippen molar-refractivity contribution in [3.05, 3.63) is 29.7 Å². The smallest absolute Gasteiger partial charge is 0.185 e. The van der Waals surface area contributed by atoms with Gasteiger partial charge in [-0.25, -0.2) is 0 Å². The lowest BCUT2D eigenvalue weighted by molar-refractivity contribution is 0.110. The monoisotopic (exact) mass is 164 g/mol. The van der Waals surface area contributed by atoms with E-state index in [2.05, 4.69) is 6.92 Å². The van der Waals surface area contributed by atoms with Crippen molar-refractivity contribution < 1.29 is 9.21 Å². The van der Waals surface area contributed by atoms with Crippen molar-refractivity contribution in [1.29, 1.82) is 0 Å². The van der Waals surface area contributed by atoms with Crippen LogP contribution in [0.2, 0.25) is 0 Å². The van der Waals surface area contributed by atoms with Crippen molar-refractivity contribution in [3.8, 4) is 0 Å². The molecule has 12 heavy (non-hydrogen) atoms. The highest BCUT2D eigenvalue weighted by atomic mass is 16.3. The summed E-state index contributed by atoms with van der Waals surface area (Å²) in [5.41, 5.74) is 0. The van der Waals surface area contributed by atoms with E-state index in [-0.39, 0.29) is 0 Å². The molecule has 0 amide bonds. The van der Waals surface area contributed by atoms with E-state index >= 15 is 0 Å². The van der Waals surface area contributed by atoms with Gasteiger partial charge in [0.1, 0.15) is 5.76 Å². The van der Waals surface area contributed by atoms with E-state index in [1.54, 1.807) is 12.1 Å². The molecule has 1 aromatic heterocycles. The first-order valence-electron chi connectivity index (χ1n) is 4.08. The van der Waals surface area contributed by atoms with Gasteiger partial charge in [-0.05, 0) is 24.6 Å². The lowest BCUT2D eigenvalue weighted by atomic mass is 10.3. The van der Waals surface area contributed by atoms with Gasteiger partial charge in [0.15, 0.2) is 12.0 Å². The van der Waals surface area contributed by atoms with E-state index < -0.39 is 0 Å². The third kappa shape index (κ3) is 2.38. The number of hydrogen-bond donors (Lipinski definition) is 0. The predicted octanol–water partition coefficient (Wildman–Crippen LogP) is 2.91. The molecule has 2 heteroatoms. The molecule has 0 N–H and O–H groups in total. The molecule has 0 atom stereocenters. The van der Waals surface area contributed by atoms with E-state index in [1.165, 1.54) is 0 Å². The van der Waals surface area contributed by atoms with Crippen LogP contribution in [0.3, 0.4) is 0 Å². The lowest BCUT2D eigenvalue weighted by Gasteiger charge is -1.84. The average Bonchev–Trinajstić information content (AvgIpc) is 2.53. The van der Waals surface area contributed by atoms with Crippen LogP contribution < -0.4 is 0 Å². The second-order valence-corrected chi connectivity index (χ2v) is 2.55. The standard InChI is InChI=1S/C10H12O2/c1-2-3-4-5-9-6-7-10(8-11)12-9/h4-8H,2-3H2,1H3. The third-order valence-corrected chi connectivity index (χ3v) is 1.50. The number of carbonyl (C=O) groups excluding carboxylic acids is 1. The van der Waals surface area contributed by atoms with Crippen molar-refractivity contribution in [2.75, 3.05) is 0 Å². The van der Waals surface area contributed by atoms with E-state index in [0.717, 1.165) is 18.6 Å². The van der Waals surface area contributed by atoms with Gasteiger partial charge in [-0.3, -0.25) is 4.79 Å². The van der Waals surface area contributed by atoms with Crippen molar-refractivity contribution in [2.45, 2.75) is 19.8 Å². The Bertz CT molecular complexity index is 271. The van der Waals surface area contributed by atoms with E-state index in [9.17, 15) is 4.79 Å². The molecule has 1 heterocycles. The highest BCUT2D eigenvalue weighted by Gasteiger charge is 1.94. The van der Waals surface area contributed by atoms with Gasteiger partial charge in [0.05, 0.1) is 0 Å². The largest absolute Gasteiger partial charge is 0.454 e. The zero-order valence-electron chi connectivity index (χ0n) is 7.12. The normalized spacial score (nSPS) is 10.8. The molecule has 0 radical (unpaired) electrons. The molecule has 64 valence electrons. The Kier molecular flexibility index (Phi) is 3.33. The van der Waals surface area contributed by atoms with Gasteiger partial charge in [-0.1, -0.05) is 19.4 Å². The van der Waals surface area contributed by atoms with Crippen LogP contribution in [-0.4, -0.2) is 6.29 Å². The molecule has 0 aliphatic rings. The van der Waals surface area contributed by atoms with Gasteiger partial charge >= 0.3 is 0 Å². The van der Waals surface area contributed by atoms with Crippen LogP contribution in [0.1, 0.15) is 36.1 Å². The second kappa shape index (κ2) is 4.54. The molecule has 0 aromatic carbocycles. The minimum atomic E-state index is 0.381. The Morgan fingerprint density at radius 2 is 2.17 bits per heavy atom. The molecular formula is C10H12O2. The quantitative estimate of drug-likeness (QED) is 0.640. The van der Waals surface area contributed by atoms with Crippen molar-refractivity contribution in [1.82, 2.24) is 0 Å². The summed E-state index contributed by atoms with van der Waals surface area (Å²) in [7, 11) is 0. The van der Waals surface area contributed by atoms with Crippen LogP contribution in [-0.2, 0) is 0 Å². The first-order valence-corrected chi connectivity index (χ1v) is 4.08. The van der Waals surface area contributed by atoms with Gasteiger partial charge in [-0.15, -0.1) is 0 Å². The van der Waals surface area contributed by atoms with Crippen molar-refractivity contribution in [2.24, 2.45) is 0 Å². The molecule has 0 unspecified atom stereocenters. The molecule has 0 saturated heterocycles. The predicted molar refractivity (Wildman–Crippen MR) is 48.0 cm³/mol. The topological polar surface area (TPSA) is 30.2 Å². The van der Waals surface area contributed by atoms with E-state index in [1.807, 2.05) is 12.2 Å².